The zero-order chi connectivity index (χ0) is 8.39. The normalized spacial score (nSPS) is 31.0. The molecule has 0 aromatic carbocycles. The molecule has 2 N–H and O–H groups in total. The smallest absolute Gasteiger partial charge is 0.0966 e. The maximum Gasteiger partial charge on any atom is 0.0966 e. The van der Waals surface area contributed by atoms with Crippen LogP contribution in [-0.4, -0.2) is 24.6 Å². The number of rotatable bonds is 3. The van der Waals surface area contributed by atoms with Gasteiger partial charge in [-0.3, -0.25) is 4.99 Å². The molecule has 1 unspecified atom stereocenters. The SMILES string of the molecule is NC(CC1CCCO1)=NC1CC1. The Morgan fingerprint density at radius 3 is 2.83 bits per heavy atom. The monoisotopic (exact) mass is 168 g/mol. The van der Waals surface area contributed by atoms with Gasteiger partial charge in [-0.15, -0.1) is 0 Å². The van der Waals surface area contributed by atoms with Gasteiger partial charge in [-0.05, 0) is 25.7 Å². The second kappa shape index (κ2) is 3.44. The Kier molecular flexibility index (Phi) is 2.30. The standard InChI is InChI=1S/C9H16N2O/c10-9(11-7-3-4-7)6-8-2-1-5-12-8/h7-8H,1-6H2,(H2,10,11). The minimum atomic E-state index is 0.354. The second-order valence-electron chi connectivity index (χ2n) is 3.69. The highest BCUT2D eigenvalue weighted by atomic mass is 16.5. The van der Waals surface area contributed by atoms with Gasteiger partial charge in [0.25, 0.3) is 0 Å². The van der Waals surface area contributed by atoms with Crippen molar-refractivity contribution in [3.05, 3.63) is 0 Å². The Labute approximate surface area is 73.0 Å². The molecule has 2 aliphatic rings. The third-order valence-corrected chi connectivity index (χ3v) is 2.36. The van der Waals surface area contributed by atoms with Crippen molar-refractivity contribution in [2.75, 3.05) is 6.61 Å². The van der Waals surface area contributed by atoms with Crippen LogP contribution in [0.25, 0.3) is 0 Å². The van der Waals surface area contributed by atoms with E-state index in [0.29, 0.717) is 12.1 Å². The number of aliphatic imine (C=N–C) groups is 1. The third-order valence-electron chi connectivity index (χ3n) is 2.36. The zero-order valence-electron chi connectivity index (χ0n) is 7.33. The van der Waals surface area contributed by atoms with Gasteiger partial charge >= 0.3 is 0 Å². The first-order valence-electron chi connectivity index (χ1n) is 4.78. The molecule has 3 heteroatoms. The lowest BCUT2D eigenvalue weighted by Gasteiger charge is -2.07. The van der Waals surface area contributed by atoms with Crippen molar-refractivity contribution in [2.45, 2.75) is 44.2 Å². The number of hydrogen-bond donors (Lipinski definition) is 1. The molecule has 12 heavy (non-hydrogen) atoms. The van der Waals surface area contributed by atoms with Gasteiger partial charge in [0.05, 0.1) is 18.0 Å². The van der Waals surface area contributed by atoms with Crippen LogP contribution in [0.3, 0.4) is 0 Å². The Morgan fingerprint density at radius 1 is 1.42 bits per heavy atom. The van der Waals surface area contributed by atoms with Gasteiger partial charge in [0.2, 0.25) is 0 Å². The van der Waals surface area contributed by atoms with Crippen LogP contribution in [0.1, 0.15) is 32.1 Å². The van der Waals surface area contributed by atoms with E-state index < -0.39 is 0 Å². The summed E-state index contributed by atoms with van der Waals surface area (Å²) in [5.41, 5.74) is 5.76. The fraction of sp³-hybridized carbons (Fsp3) is 0.889. The highest BCUT2D eigenvalue weighted by molar-refractivity contribution is 5.81. The topological polar surface area (TPSA) is 47.6 Å². The van der Waals surface area contributed by atoms with Crippen molar-refractivity contribution in [2.24, 2.45) is 10.7 Å². The van der Waals surface area contributed by atoms with E-state index >= 15 is 0 Å². The van der Waals surface area contributed by atoms with E-state index in [9.17, 15) is 0 Å². The van der Waals surface area contributed by atoms with Crippen LogP contribution in [0, 0.1) is 0 Å². The summed E-state index contributed by atoms with van der Waals surface area (Å²) in [6.45, 7) is 0.904. The molecule has 0 bridgehead atoms. The fourth-order valence-electron chi connectivity index (χ4n) is 1.53. The molecule has 1 aliphatic carbocycles. The van der Waals surface area contributed by atoms with E-state index in [2.05, 4.69) is 4.99 Å². The zero-order valence-corrected chi connectivity index (χ0v) is 7.33. The summed E-state index contributed by atoms with van der Waals surface area (Å²) in [7, 11) is 0. The molecule has 0 aromatic heterocycles. The summed E-state index contributed by atoms with van der Waals surface area (Å²) >= 11 is 0. The van der Waals surface area contributed by atoms with Crippen LogP contribution < -0.4 is 5.73 Å². The summed E-state index contributed by atoms with van der Waals surface area (Å²) in [6, 6.07) is 0.548. The van der Waals surface area contributed by atoms with Gasteiger partial charge < -0.3 is 10.5 Å². The number of nitrogens with zero attached hydrogens (tertiary/aromatic N) is 1. The Hall–Kier alpha value is -0.570. The Balaban J connectivity index is 1.76. The number of nitrogens with two attached hydrogens (primary N) is 1. The van der Waals surface area contributed by atoms with Crippen molar-refractivity contribution in [3.63, 3.8) is 0 Å². The molecule has 1 atom stereocenters. The molecule has 0 aromatic rings. The molecule has 1 saturated carbocycles. The third kappa shape index (κ3) is 2.21. The van der Waals surface area contributed by atoms with Crippen LogP contribution in [0.5, 0.6) is 0 Å². The van der Waals surface area contributed by atoms with Crippen LogP contribution in [0.2, 0.25) is 0 Å². The first-order valence-corrected chi connectivity index (χ1v) is 4.78. The largest absolute Gasteiger partial charge is 0.387 e. The van der Waals surface area contributed by atoms with Crippen LogP contribution >= 0.6 is 0 Å². The molecule has 0 amide bonds. The molecule has 1 aliphatic heterocycles. The average Bonchev–Trinajstić information content (AvgIpc) is 2.66. The maximum atomic E-state index is 5.76. The van der Waals surface area contributed by atoms with E-state index in [1.54, 1.807) is 0 Å². The van der Waals surface area contributed by atoms with E-state index in [1.165, 1.54) is 19.3 Å². The first-order chi connectivity index (χ1) is 5.84. The Bertz CT molecular complexity index is 181. The van der Waals surface area contributed by atoms with E-state index in [4.69, 9.17) is 10.5 Å². The lowest BCUT2D eigenvalue weighted by molar-refractivity contribution is 0.116. The average molecular weight is 168 g/mol. The molecule has 0 radical (unpaired) electrons. The van der Waals surface area contributed by atoms with Crippen molar-refractivity contribution in [1.82, 2.24) is 0 Å². The Morgan fingerprint density at radius 2 is 2.25 bits per heavy atom. The van der Waals surface area contributed by atoms with E-state index in [-0.39, 0.29) is 0 Å². The summed E-state index contributed by atoms with van der Waals surface area (Å²) in [5, 5.41) is 0. The van der Waals surface area contributed by atoms with Gasteiger partial charge in [0.15, 0.2) is 0 Å². The fourth-order valence-corrected chi connectivity index (χ4v) is 1.53. The highest BCUT2D eigenvalue weighted by Crippen LogP contribution is 2.24. The number of amidine groups is 1. The van der Waals surface area contributed by atoms with Gasteiger partial charge in [0, 0.05) is 13.0 Å². The van der Waals surface area contributed by atoms with Gasteiger partial charge in [-0.25, -0.2) is 0 Å². The molecule has 68 valence electrons. The van der Waals surface area contributed by atoms with Crippen LogP contribution in [-0.2, 0) is 4.74 Å². The molecular formula is C9H16N2O. The number of hydrogen-bond acceptors (Lipinski definition) is 2. The molecule has 2 fully saturated rings. The van der Waals surface area contributed by atoms with E-state index in [1.807, 2.05) is 0 Å². The predicted molar refractivity (Wildman–Crippen MR) is 48.2 cm³/mol. The number of ether oxygens (including phenoxy) is 1. The minimum Gasteiger partial charge on any atom is -0.387 e. The summed E-state index contributed by atoms with van der Waals surface area (Å²) in [5.74, 6) is 0.796. The molecule has 1 saturated heterocycles. The molecular weight excluding hydrogens is 152 g/mol. The van der Waals surface area contributed by atoms with Gasteiger partial charge in [-0.1, -0.05) is 0 Å². The lowest BCUT2D eigenvalue weighted by Crippen LogP contribution is -2.20. The van der Waals surface area contributed by atoms with Gasteiger partial charge in [-0.2, -0.15) is 0 Å². The van der Waals surface area contributed by atoms with Crippen molar-refractivity contribution < 1.29 is 4.74 Å². The quantitative estimate of drug-likeness (QED) is 0.506. The van der Waals surface area contributed by atoms with Crippen molar-refractivity contribution in [3.8, 4) is 0 Å². The minimum absolute atomic E-state index is 0.354. The van der Waals surface area contributed by atoms with Crippen LogP contribution in [0.4, 0.5) is 0 Å². The summed E-state index contributed by atoms with van der Waals surface area (Å²) in [4.78, 5) is 4.37. The molecule has 2 rings (SSSR count). The maximum absolute atomic E-state index is 5.76. The van der Waals surface area contributed by atoms with Gasteiger partial charge in [0.1, 0.15) is 0 Å². The predicted octanol–water partition coefficient (Wildman–Crippen LogP) is 1.08. The first kappa shape index (κ1) is 8.05. The second-order valence-corrected chi connectivity index (χ2v) is 3.69. The van der Waals surface area contributed by atoms with E-state index in [0.717, 1.165) is 25.3 Å². The molecule has 0 spiro atoms. The molecule has 3 nitrogen and oxygen atoms in total. The van der Waals surface area contributed by atoms with Crippen molar-refractivity contribution in [1.29, 1.82) is 0 Å². The molecule has 1 heterocycles. The summed E-state index contributed by atoms with van der Waals surface area (Å²) < 4.78 is 5.46. The highest BCUT2D eigenvalue weighted by Gasteiger charge is 2.22. The summed E-state index contributed by atoms with van der Waals surface area (Å²) in [6.07, 6.45) is 5.99. The lowest BCUT2D eigenvalue weighted by atomic mass is 10.2. The van der Waals surface area contributed by atoms with Crippen LogP contribution in [0.15, 0.2) is 4.99 Å². The van der Waals surface area contributed by atoms with Crippen molar-refractivity contribution >= 4 is 5.84 Å².